The van der Waals surface area contributed by atoms with Crippen molar-refractivity contribution < 1.29 is 56.8 Å². The summed E-state index contributed by atoms with van der Waals surface area (Å²) in [5.41, 5.74) is 0. The third-order valence-corrected chi connectivity index (χ3v) is 13.2. The molecule has 12 nitrogen and oxygen atoms in total. The fraction of sp³-hybridized carbons (Fsp3) is 0.818. The van der Waals surface area contributed by atoms with Gasteiger partial charge in [-0.1, -0.05) is 217 Å². The highest BCUT2D eigenvalue weighted by atomic mass is 32.2. The molecule has 0 radical (unpaired) electrons. The van der Waals surface area contributed by atoms with E-state index in [1.54, 1.807) is 0 Å². The molecule has 1 heterocycles. The van der Waals surface area contributed by atoms with Gasteiger partial charge in [-0.05, 0) is 51.4 Å². The fourth-order valence-corrected chi connectivity index (χ4v) is 8.95. The third-order valence-electron chi connectivity index (χ3n) is 12.4. The Labute approximate surface area is 413 Å². The molecule has 0 aliphatic carbocycles. The van der Waals surface area contributed by atoms with Crippen LogP contribution in [0, 0.1) is 0 Å². The summed E-state index contributed by atoms with van der Waals surface area (Å²) in [6.07, 6.45) is 45.7. The normalized spacial score (nSPS) is 19.5. The Hall–Kier alpha value is -2.39. The minimum Gasteiger partial charge on any atom is -0.462 e. The first-order chi connectivity index (χ1) is 33.0. The molecule has 13 heteroatoms. The maximum Gasteiger partial charge on any atom is 0.306 e. The Morgan fingerprint density at radius 3 is 1.38 bits per heavy atom. The van der Waals surface area contributed by atoms with Gasteiger partial charge in [0.05, 0.1) is 6.61 Å². The average molecular weight is 983 g/mol. The summed E-state index contributed by atoms with van der Waals surface area (Å²) in [4.78, 5) is 25.6. The molecule has 0 aromatic heterocycles. The lowest BCUT2D eigenvalue weighted by molar-refractivity contribution is -0.297. The molecule has 0 saturated carbocycles. The standard InChI is InChI=1S/C55H98O12S/c1-3-5-7-9-11-13-15-17-19-21-23-24-26-28-30-32-34-36-38-40-42-44-51(57)66-48(46-65-55-54(60)53(59)52(58)49(67-55)47-68(61,62)63)45-64-50(56)43-41-39-37-35-33-31-29-27-25-22-20-18-16-14-12-10-8-6-4-2/h5,7,11,13,17,19,23-24,48-49,52-55,58-60H,3-4,6,8-10,12,14-16,18,20-22,25-47H2,1-2H3,(H,61,62,63)/b7-5-,13-11-,19-17-,24-23-. The quantitative estimate of drug-likeness (QED) is 0.0196. The smallest absolute Gasteiger partial charge is 0.306 e. The van der Waals surface area contributed by atoms with Crippen LogP contribution in [0.25, 0.3) is 0 Å². The van der Waals surface area contributed by atoms with Gasteiger partial charge in [0.1, 0.15) is 36.8 Å². The van der Waals surface area contributed by atoms with Crippen LogP contribution in [0.15, 0.2) is 48.6 Å². The van der Waals surface area contributed by atoms with E-state index in [1.807, 2.05) is 0 Å². The van der Waals surface area contributed by atoms with E-state index < -0.39 is 71.2 Å². The van der Waals surface area contributed by atoms with Gasteiger partial charge in [-0.15, -0.1) is 0 Å². The van der Waals surface area contributed by atoms with E-state index in [4.69, 9.17) is 18.9 Å². The summed E-state index contributed by atoms with van der Waals surface area (Å²) in [6, 6.07) is 0. The van der Waals surface area contributed by atoms with Crippen LogP contribution < -0.4 is 0 Å². The molecule has 1 saturated heterocycles. The first-order valence-electron chi connectivity index (χ1n) is 27.2. The van der Waals surface area contributed by atoms with Crippen molar-refractivity contribution in [1.29, 1.82) is 0 Å². The molecule has 396 valence electrons. The van der Waals surface area contributed by atoms with E-state index in [2.05, 4.69) is 62.5 Å². The van der Waals surface area contributed by atoms with E-state index in [-0.39, 0.29) is 19.4 Å². The number of esters is 2. The van der Waals surface area contributed by atoms with Crippen LogP contribution in [0.3, 0.4) is 0 Å². The Balaban J connectivity index is 2.35. The van der Waals surface area contributed by atoms with Crippen LogP contribution in [0.4, 0.5) is 0 Å². The summed E-state index contributed by atoms with van der Waals surface area (Å²) in [5, 5.41) is 31.0. The monoisotopic (exact) mass is 983 g/mol. The number of hydrogen-bond donors (Lipinski definition) is 4. The second-order valence-corrected chi connectivity index (χ2v) is 20.4. The van der Waals surface area contributed by atoms with Gasteiger partial charge < -0.3 is 34.3 Å². The third kappa shape index (κ3) is 38.4. The maximum absolute atomic E-state index is 12.9. The molecule has 68 heavy (non-hydrogen) atoms. The predicted molar refractivity (Wildman–Crippen MR) is 275 cm³/mol. The summed E-state index contributed by atoms with van der Waals surface area (Å²) in [6.45, 7) is 3.68. The predicted octanol–water partition coefficient (Wildman–Crippen LogP) is 12.7. The van der Waals surface area contributed by atoms with Crippen LogP contribution >= 0.6 is 0 Å². The molecular formula is C55H98O12S. The largest absolute Gasteiger partial charge is 0.462 e. The minimum atomic E-state index is -4.61. The van der Waals surface area contributed by atoms with Gasteiger partial charge in [0, 0.05) is 12.8 Å². The SMILES string of the molecule is CC/C=C\C/C=C\C/C=C\C/C=C\CCCCCCCCCCC(=O)OC(COC(=O)CCCCCCCCCCCCCCCCCCCCC)COC1OC(CS(=O)(=O)O)C(O)C(O)C1O. The summed E-state index contributed by atoms with van der Waals surface area (Å²) in [5.74, 6) is -1.98. The van der Waals surface area contributed by atoms with Crippen LogP contribution in [0.1, 0.15) is 232 Å². The lowest BCUT2D eigenvalue weighted by Gasteiger charge is -2.40. The number of aliphatic hydroxyl groups is 3. The van der Waals surface area contributed by atoms with Crippen molar-refractivity contribution >= 4 is 22.1 Å². The van der Waals surface area contributed by atoms with Crippen molar-refractivity contribution in [2.24, 2.45) is 0 Å². The van der Waals surface area contributed by atoms with Crippen molar-refractivity contribution in [3.63, 3.8) is 0 Å². The number of rotatable bonds is 46. The van der Waals surface area contributed by atoms with Crippen molar-refractivity contribution in [1.82, 2.24) is 0 Å². The molecule has 0 aromatic carbocycles. The number of aliphatic hydroxyl groups excluding tert-OH is 3. The van der Waals surface area contributed by atoms with Crippen molar-refractivity contribution in [3.8, 4) is 0 Å². The molecule has 0 bridgehead atoms. The number of allylic oxidation sites excluding steroid dienone is 8. The Morgan fingerprint density at radius 2 is 0.926 bits per heavy atom. The molecule has 4 N–H and O–H groups in total. The van der Waals surface area contributed by atoms with Gasteiger partial charge in [0.15, 0.2) is 12.4 Å². The minimum absolute atomic E-state index is 0.155. The molecule has 0 spiro atoms. The van der Waals surface area contributed by atoms with Gasteiger partial charge in [0.25, 0.3) is 10.1 Å². The van der Waals surface area contributed by atoms with E-state index in [9.17, 15) is 37.9 Å². The van der Waals surface area contributed by atoms with Crippen molar-refractivity contribution in [3.05, 3.63) is 48.6 Å². The van der Waals surface area contributed by atoms with Gasteiger partial charge in [-0.3, -0.25) is 14.1 Å². The summed E-state index contributed by atoms with van der Waals surface area (Å²) < 4.78 is 54.3. The van der Waals surface area contributed by atoms with Crippen LogP contribution in [-0.4, -0.2) is 96.0 Å². The average Bonchev–Trinajstić information content (AvgIpc) is 3.31. The number of ether oxygens (including phenoxy) is 4. The fourth-order valence-electron chi connectivity index (χ4n) is 8.26. The highest BCUT2D eigenvalue weighted by Gasteiger charge is 2.46. The van der Waals surface area contributed by atoms with E-state index in [0.29, 0.717) is 12.8 Å². The Kier molecular flexibility index (Phi) is 41.7. The molecule has 1 fully saturated rings. The van der Waals surface area contributed by atoms with Crippen LogP contribution in [0.5, 0.6) is 0 Å². The first-order valence-corrected chi connectivity index (χ1v) is 28.8. The van der Waals surface area contributed by atoms with E-state index >= 15 is 0 Å². The number of carbonyl (C=O) groups is 2. The highest BCUT2D eigenvalue weighted by molar-refractivity contribution is 7.85. The molecule has 0 aromatic rings. The molecule has 6 unspecified atom stereocenters. The van der Waals surface area contributed by atoms with Gasteiger partial charge in [0.2, 0.25) is 0 Å². The highest BCUT2D eigenvalue weighted by Crippen LogP contribution is 2.24. The first kappa shape index (κ1) is 63.6. The topological polar surface area (TPSA) is 186 Å². The van der Waals surface area contributed by atoms with E-state index in [0.717, 1.165) is 77.0 Å². The Bertz CT molecular complexity index is 1430. The maximum atomic E-state index is 12.9. The van der Waals surface area contributed by atoms with Crippen LogP contribution in [0.2, 0.25) is 0 Å². The molecular weight excluding hydrogens is 885 g/mol. The van der Waals surface area contributed by atoms with Crippen LogP contribution in [-0.2, 0) is 38.7 Å². The van der Waals surface area contributed by atoms with Gasteiger partial charge in [-0.25, -0.2) is 0 Å². The molecule has 1 rings (SSSR count). The summed E-state index contributed by atoms with van der Waals surface area (Å²) >= 11 is 0. The van der Waals surface area contributed by atoms with Crippen molar-refractivity contribution in [2.75, 3.05) is 19.0 Å². The second-order valence-electron chi connectivity index (χ2n) is 18.9. The number of hydrogen-bond acceptors (Lipinski definition) is 11. The van der Waals surface area contributed by atoms with E-state index in [1.165, 1.54) is 116 Å². The zero-order valence-corrected chi connectivity index (χ0v) is 43.5. The number of unbranched alkanes of at least 4 members (excludes halogenated alkanes) is 26. The molecule has 6 atom stereocenters. The molecule has 1 aliphatic rings. The number of carbonyl (C=O) groups excluding carboxylic acids is 2. The van der Waals surface area contributed by atoms with Gasteiger partial charge >= 0.3 is 11.9 Å². The second kappa shape index (κ2) is 44.5. The zero-order valence-electron chi connectivity index (χ0n) is 42.7. The molecule has 0 amide bonds. The van der Waals surface area contributed by atoms with Gasteiger partial charge in [-0.2, -0.15) is 8.42 Å². The zero-order chi connectivity index (χ0) is 49.8. The Morgan fingerprint density at radius 1 is 0.515 bits per heavy atom. The molecule has 1 aliphatic heterocycles. The lowest BCUT2D eigenvalue weighted by Crippen LogP contribution is -2.60. The van der Waals surface area contributed by atoms with Crippen molar-refractivity contribution in [2.45, 2.75) is 269 Å². The lowest BCUT2D eigenvalue weighted by atomic mass is 10.00. The summed E-state index contributed by atoms with van der Waals surface area (Å²) in [7, 11) is -4.61.